The molecule has 0 amide bonds. The molecule has 3 rings (SSSR count). The molecule has 1 aliphatic carbocycles. The zero-order chi connectivity index (χ0) is 22.1. The summed E-state index contributed by atoms with van der Waals surface area (Å²) in [4.78, 5) is 9.91. The fraction of sp³-hybridized carbons (Fsp3) is 0.708. The van der Waals surface area contributed by atoms with Gasteiger partial charge in [-0.05, 0) is 56.7 Å². The lowest BCUT2D eigenvalue weighted by Gasteiger charge is -2.37. The predicted molar refractivity (Wildman–Crippen MR) is 125 cm³/mol. The van der Waals surface area contributed by atoms with E-state index >= 15 is 0 Å². The van der Waals surface area contributed by atoms with Gasteiger partial charge in [-0.25, -0.2) is 0 Å². The van der Waals surface area contributed by atoms with E-state index in [1.165, 1.54) is 18.4 Å². The minimum Gasteiger partial charge on any atom is -0.497 e. The number of benzene rings is 1. The first-order chi connectivity index (χ1) is 15.1. The van der Waals surface area contributed by atoms with Crippen molar-refractivity contribution >= 4 is 5.96 Å². The van der Waals surface area contributed by atoms with Crippen molar-refractivity contribution in [1.82, 2.24) is 15.1 Å². The quantitative estimate of drug-likeness (QED) is 0.330. The van der Waals surface area contributed by atoms with Crippen LogP contribution in [0.2, 0.25) is 0 Å². The Morgan fingerprint density at radius 2 is 1.87 bits per heavy atom. The van der Waals surface area contributed by atoms with E-state index < -0.39 is 0 Å². The summed E-state index contributed by atoms with van der Waals surface area (Å²) in [5.41, 5.74) is 1.54. The third-order valence-corrected chi connectivity index (χ3v) is 6.39. The molecule has 2 aliphatic rings. The van der Waals surface area contributed by atoms with Crippen molar-refractivity contribution < 1.29 is 14.2 Å². The number of rotatable bonds is 11. The molecule has 0 aromatic heterocycles. The molecular weight excluding hydrogens is 392 g/mol. The van der Waals surface area contributed by atoms with Crippen LogP contribution in [0.5, 0.6) is 11.5 Å². The molecule has 7 heteroatoms. The highest BCUT2D eigenvalue weighted by molar-refractivity contribution is 5.80. The average molecular weight is 433 g/mol. The molecule has 1 aromatic carbocycles. The molecule has 0 bridgehead atoms. The SMILES string of the molecule is CCNC(=NCC1(CCOCC)CC1)N1CCN(Cc2cc(OC)ccc2OC)CC1. The van der Waals surface area contributed by atoms with E-state index in [9.17, 15) is 0 Å². The average Bonchev–Trinajstić information content (AvgIpc) is 3.57. The van der Waals surface area contributed by atoms with Gasteiger partial charge in [0.25, 0.3) is 0 Å². The molecule has 31 heavy (non-hydrogen) atoms. The van der Waals surface area contributed by atoms with Crippen LogP contribution in [0.25, 0.3) is 0 Å². The standard InChI is InChI=1S/C24H40N4O3/c1-5-25-23(26-19-24(9-10-24)11-16-31-6-2)28-14-12-27(13-15-28)18-20-17-21(29-3)7-8-22(20)30-4/h7-8,17H,5-6,9-16,18-19H2,1-4H3,(H,25,26). The Bertz CT molecular complexity index is 713. The highest BCUT2D eigenvalue weighted by Gasteiger charge is 2.42. The molecule has 0 spiro atoms. The van der Waals surface area contributed by atoms with Crippen LogP contribution in [0, 0.1) is 5.41 Å². The minimum atomic E-state index is 0.376. The summed E-state index contributed by atoms with van der Waals surface area (Å²) in [7, 11) is 3.43. The van der Waals surface area contributed by atoms with Gasteiger partial charge < -0.3 is 24.4 Å². The van der Waals surface area contributed by atoms with E-state index in [0.29, 0.717) is 5.41 Å². The molecule has 1 saturated carbocycles. The summed E-state index contributed by atoms with van der Waals surface area (Å²) < 4.78 is 16.5. The minimum absolute atomic E-state index is 0.376. The Balaban J connectivity index is 1.54. The second-order valence-corrected chi connectivity index (χ2v) is 8.56. The van der Waals surface area contributed by atoms with Crippen LogP contribution in [0.4, 0.5) is 0 Å². The number of guanidine groups is 1. The smallest absolute Gasteiger partial charge is 0.194 e. The Hall–Kier alpha value is -1.99. The third-order valence-electron chi connectivity index (χ3n) is 6.39. The molecule has 0 atom stereocenters. The van der Waals surface area contributed by atoms with E-state index in [0.717, 1.165) is 82.9 Å². The normalized spacial score (nSPS) is 18.7. The Labute approximate surface area is 187 Å². The van der Waals surface area contributed by atoms with Gasteiger partial charge in [-0.15, -0.1) is 0 Å². The van der Waals surface area contributed by atoms with Gasteiger partial charge in [-0.2, -0.15) is 0 Å². The number of hydrogen-bond donors (Lipinski definition) is 1. The van der Waals surface area contributed by atoms with Crippen LogP contribution in [0.3, 0.4) is 0 Å². The highest BCUT2D eigenvalue weighted by atomic mass is 16.5. The van der Waals surface area contributed by atoms with Crippen molar-refractivity contribution in [2.75, 3.05) is 66.7 Å². The second-order valence-electron chi connectivity index (χ2n) is 8.56. The van der Waals surface area contributed by atoms with Crippen molar-refractivity contribution in [2.45, 2.75) is 39.7 Å². The van der Waals surface area contributed by atoms with Crippen molar-refractivity contribution in [3.63, 3.8) is 0 Å². The number of aliphatic imine (C=N–C) groups is 1. The highest BCUT2D eigenvalue weighted by Crippen LogP contribution is 2.49. The first kappa shape index (κ1) is 23.7. The van der Waals surface area contributed by atoms with Crippen LogP contribution < -0.4 is 14.8 Å². The molecule has 2 fully saturated rings. The molecule has 0 radical (unpaired) electrons. The maximum atomic E-state index is 5.57. The van der Waals surface area contributed by atoms with Gasteiger partial charge in [0.15, 0.2) is 5.96 Å². The van der Waals surface area contributed by atoms with Gasteiger partial charge in [0.1, 0.15) is 11.5 Å². The fourth-order valence-corrected chi connectivity index (χ4v) is 4.13. The zero-order valence-electron chi connectivity index (χ0n) is 19.8. The van der Waals surface area contributed by atoms with Crippen LogP contribution in [0.15, 0.2) is 23.2 Å². The first-order valence-electron chi connectivity index (χ1n) is 11.7. The van der Waals surface area contributed by atoms with Crippen LogP contribution >= 0.6 is 0 Å². The summed E-state index contributed by atoms with van der Waals surface area (Å²) in [5.74, 6) is 2.85. The maximum Gasteiger partial charge on any atom is 0.194 e. The lowest BCUT2D eigenvalue weighted by Crippen LogP contribution is -2.52. The number of ether oxygens (including phenoxy) is 3. The number of nitrogens with zero attached hydrogens (tertiary/aromatic N) is 3. The zero-order valence-corrected chi connectivity index (χ0v) is 19.8. The summed E-state index contributed by atoms with van der Waals surface area (Å²) in [6.45, 7) is 12.5. The monoisotopic (exact) mass is 432 g/mol. The van der Waals surface area contributed by atoms with Gasteiger partial charge in [-0.3, -0.25) is 9.89 Å². The largest absolute Gasteiger partial charge is 0.497 e. The van der Waals surface area contributed by atoms with E-state index in [2.05, 4.69) is 35.0 Å². The van der Waals surface area contributed by atoms with Gasteiger partial charge >= 0.3 is 0 Å². The molecule has 1 N–H and O–H groups in total. The first-order valence-corrected chi connectivity index (χ1v) is 11.7. The Morgan fingerprint density at radius 1 is 1.10 bits per heavy atom. The van der Waals surface area contributed by atoms with Gasteiger partial charge in [0.2, 0.25) is 0 Å². The number of nitrogens with one attached hydrogen (secondary N) is 1. The molecule has 1 saturated heterocycles. The summed E-state index contributed by atoms with van der Waals surface area (Å²) in [6, 6.07) is 6.01. The van der Waals surface area contributed by atoms with Crippen molar-refractivity contribution in [3.8, 4) is 11.5 Å². The molecule has 1 aliphatic heterocycles. The molecule has 7 nitrogen and oxygen atoms in total. The summed E-state index contributed by atoms with van der Waals surface area (Å²) in [5, 5.41) is 3.51. The maximum absolute atomic E-state index is 5.57. The predicted octanol–water partition coefficient (Wildman–Crippen LogP) is 2.99. The van der Waals surface area contributed by atoms with E-state index in [-0.39, 0.29) is 0 Å². The molecule has 0 unspecified atom stereocenters. The van der Waals surface area contributed by atoms with E-state index in [1.807, 2.05) is 12.1 Å². The van der Waals surface area contributed by atoms with Crippen molar-refractivity contribution in [3.05, 3.63) is 23.8 Å². The number of methoxy groups -OCH3 is 2. The third kappa shape index (κ3) is 6.74. The molecule has 1 aromatic rings. The summed E-state index contributed by atoms with van der Waals surface area (Å²) in [6.07, 6.45) is 3.68. The Kier molecular flexibility index (Phi) is 8.84. The van der Waals surface area contributed by atoms with Gasteiger partial charge in [0.05, 0.1) is 14.2 Å². The number of hydrogen-bond acceptors (Lipinski definition) is 5. The molecule has 174 valence electrons. The summed E-state index contributed by atoms with van der Waals surface area (Å²) >= 11 is 0. The topological polar surface area (TPSA) is 58.6 Å². The van der Waals surface area contributed by atoms with E-state index in [4.69, 9.17) is 19.2 Å². The fourth-order valence-electron chi connectivity index (χ4n) is 4.13. The Morgan fingerprint density at radius 3 is 2.48 bits per heavy atom. The van der Waals surface area contributed by atoms with Crippen LogP contribution in [-0.2, 0) is 11.3 Å². The number of piperazine rings is 1. The van der Waals surface area contributed by atoms with E-state index in [1.54, 1.807) is 14.2 Å². The molecule has 1 heterocycles. The van der Waals surface area contributed by atoms with Gasteiger partial charge in [0, 0.05) is 64.6 Å². The van der Waals surface area contributed by atoms with Crippen molar-refractivity contribution in [2.24, 2.45) is 10.4 Å². The lowest BCUT2D eigenvalue weighted by molar-refractivity contribution is 0.129. The second kappa shape index (κ2) is 11.6. The van der Waals surface area contributed by atoms with Crippen LogP contribution in [0.1, 0.15) is 38.7 Å². The van der Waals surface area contributed by atoms with Crippen molar-refractivity contribution in [1.29, 1.82) is 0 Å². The lowest BCUT2D eigenvalue weighted by atomic mass is 10.0. The molecular formula is C24H40N4O3. The van der Waals surface area contributed by atoms with Gasteiger partial charge in [-0.1, -0.05) is 0 Å². The van der Waals surface area contributed by atoms with Crippen LogP contribution in [-0.4, -0.2) is 82.5 Å².